The number of nitrogens with zero attached hydrogens (tertiary/aromatic N) is 3. The van der Waals surface area contributed by atoms with E-state index >= 15 is 0 Å². The maximum absolute atomic E-state index is 13.3. The molecule has 0 aliphatic carbocycles. The smallest absolute Gasteiger partial charge is 0.233 e. The van der Waals surface area contributed by atoms with Crippen molar-refractivity contribution in [3.8, 4) is 11.3 Å². The summed E-state index contributed by atoms with van der Waals surface area (Å²) in [7, 11) is 0. The van der Waals surface area contributed by atoms with Gasteiger partial charge >= 0.3 is 0 Å². The minimum absolute atomic E-state index is 0.0659. The van der Waals surface area contributed by atoms with Crippen molar-refractivity contribution in [2.45, 2.75) is 34.1 Å². The molecule has 4 aromatic rings. The molecule has 4 nitrogen and oxygen atoms in total. The molecule has 0 unspecified atom stereocenters. The Balaban J connectivity index is 1.80. The summed E-state index contributed by atoms with van der Waals surface area (Å²) in [6, 6.07) is 20.3. The highest BCUT2D eigenvalue weighted by Gasteiger charge is 2.21. The summed E-state index contributed by atoms with van der Waals surface area (Å²) in [5.41, 5.74) is 8.25. The standard InChI is InChI=1S/C26H27N3O/c1-5-28(22-9-7-6-8-10-22)25(30)17-23-26(21-12-11-19(3)20(4)16-21)27-24-15-18(2)13-14-29(23)24/h6-16H,5,17H2,1-4H3. The van der Waals surface area contributed by atoms with Crippen LogP contribution in [0.5, 0.6) is 0 Å². The van der Waals surface area contributed by atoms with Gasteiger partial charge in [0.05, 0.1) is 17.8 Å². The van der Waals surface area contributed by atoms with Crippen LogP contribution in [0.3, 0.4) is 0 Å². The van der Waals surface area contributed by atoms with Gasteiger partial charge in [-0.05, 0) is 74.7 Å². The summed E-state index contributed by atoms with van der Waals surface area (Å²) in [6.07, 6.45) is 2.30. The number of imidazole rings is 1. The van der Waals surface area contributed by atoms with Crippen molar-refractivity contribution in [3.05, 3.63) is 89.2 Å². The van der Waals surface area contributed by atoms with Gasteiger partial charge in [0.2, 0.25) is 5.91 Å². The topological polar surface area (TPSA) is 37.6 Å². The van der Waals surface area contributed by atoms with Crippen molar-refractivity contribution in [2.75, 3.05) is 11.4 Å². The second-order valence-corrected chi connectivity index (χ2v) is 7.79. The predicted molar refractivity (Wildman–Crippen MR) is 123 cm³/mol. The van der Waals surface area contributed by atoms with E-state index in [1.807, 2.05) is 52.8 Å². The number of para-hydroxylation sites is 1. The molecule has 2 heterocycles. The maximum atomic E-state index is 13.3. The van der Waals surface area contributed by atoms with Crippen LogP contribution in [-0.4, -0.2) is 21.8 Å². The molecule has 0 saturated heterocycles. The zero-order chi connectivity index (χ0) is 21.3. The Labute approximate surface area is 177 Å². The third-order valence-corrected chi connectivity index (χ3v) is 5.66. The summed E-state index contributed by atoms with van der Waals surface area (Å²) in [6.45, 7) is 8.90. The quantitative estimate of drug-likeness (QED) is 0.444. The molecule has 0 fully saturated rings. The number of likely N-dealkylation sites (N-methyl/N-ethyl adjacent to an activating group) is 1. The number of benzene rings is 2. The summed E-state index contributed by atoms with van der Waals surface area (Å²) >= 11 is 0. The van der Waals surface area contributed by atoms with E-state index in [2.05, 4.69) is 51.1 Å². The first-order valence-electron chi connectivity index (χ1n) is 10.4. The van der Waals surface area contributed by atoms with Crippen molar-refractivity contribution in [3.63, 3.8) is 0 Å². The van der Waals surface area contributed by atoms with Gasteiger partial charge < -0.3 is 9.30 Å². The van der Waals surface area contributed by atoms with Crippen LogP contribution >= 0.6 is 0 Å². The average Bonchev–Trinajstić information content (AvgIpc) is 3.08. The third kappa shape index (κ3) is 3.73. The van der Waals surface area contributed by atoms with Gasteiger partial charge in [0.15, 0.2) is 0 Å². The van der Waals surface area contributed by atoms with Gasteiger partial charge in [0.25, 0.3) is 0 Å². The minimum Gasteiger partial charge on any atom is -0.312 e. The summed E-state index contributed by atoms with van der Waals surface area (Å²) in [5, 5.41) is 0. The molecule has 0 N–H and O–H groups in total. The Morgan fingerprint density at radius 2 is 1.73 bits per heavy atom. The van der Waals surface area contributed by atoms with E-state index < -0.39 is 0 Å². The summed E-state index contributed by atoms with van der Waals surface area (Å²) < 4.78 is 2.05. The van der Waals surface area contributed by atoms with Crippen molar-refractivity contribution in [1.29, 1.82) is 0 Å². The highest BCUT2D eigenvalue weighted by atomic mass is 16.2. The SMILES string of the molecule is CCN(C(=O)Cc1c(-c2ccc(C)c(C)c2)nc2cc(C)ccn12)c1ccccc1. The number of aromatic nitrogens is 2. The normalized spacial score (nSPS) is 11.1. The van der Waals surface area contributed by atoms with Crippen LogP contribution in [0.4, 0.5) is 5.69 Å². The summed E-state index contributed by atoms with van der Waals surface area (Å²) in [4.78, 5) is 20.1. The summed E-state index contributed by atoms with van der Waals surface area (Å²) in [5.74, 6) is 0.0659. The largest absolute Gasteiger partial charge is 0.312 e. The third-order valence-electron chi connectivity index (χ3n) is 5.66. The number of hydrogen-bond donors (Lipinski definition) is 0. The molecule has 152 valence electrons. The van der Waals surface area contributed by atoms with Gasteiger partial charge in [-0.3, -0.25) is 4.79 Å². The maximum Gasteiger partial charge on any atom is 0.233 e. The molecule has 2 aromatic carbocycles. The predicted octanol–water partition coefficient (Wildman–Crippen LogP) is 5.52. The molecule has 1 amide bonds. The fourth-order valence-corrected chi connectivity index (χ4v) is 3.84. The molecule has 0 radical (unpaired) electrons. The molecule has 0 spiro atoms. The molecule has 0 bridgehead atoms. The molecule has 4 rings (SSSR count). The number of amides is 1. The molecule has 30 heavy (non-hydrogen) atoms. The fraction of sp³-hybridized carbons (Fsp3) is 0.231. The highest BCUT2D eigenvalue weighted by molar-refractivity contribution is 5.95. The second kappa shape index (κ2) is 8.15. The average molecular weight is 398 g/mol. The lowest BCUT2D eigenvalue weighted by Crippen LogP contribution is -2.32. The van der Waals surface area contributed by atoms with Crippen LogP contribution in [0.1, 0.15) is 29.3 Å². The lowest BCUT2D eigenvalue weighted by Gasteiger charge is -2.21. The van der Waals surface area contributed by atoms with Crippen LogP contribution in [0.2, 0.25) is 0 Å². The van der Waals surface area contributed by atoms with Crippen LogP contribution in [-0.2, 0) is 11.2 Å². The Kier molecular flexibility index (Phi) is 5.40. The van der Waals surface area contributed by atoms with Crippen molar-refractivity contribution in [2.24, 2.45) is 0 Å². The van der Waals surface area contributed by atoms with Crippen LogP contribution in [0.25, 0.3) is 16.9 Å². The van der Waals surface area contributed by atoms with Gasteiger partial charge in [0.1, 0.15) is 5.65 Å². The molecule has 0 atom stereocenters. The first-order chi connectivity index (χ1) is 14.5. The monoisotopic (exact) mass is 397 g/mol. The number of pyridine rings is 1. The molecule has 2 aromatic heterocycles. The lowest BCUT2D eigenvalue weighted by molar-refractivity contribution is -0.118. The Morgan fingerprint density at radius 3 is 2.43 bits per heavy atom. The van der Waals surface area contributed by atoms with E-state index in [4.69, 9.17) is 4.98 Å². The van der Waals surface area contributed by atoms with Crippen LogP contribution in [0, 0.1) is 20.8 Å². The van der Waals surface area contributed by atoms with E-state index in [1.165, 1.54) is 11.1 Å². The zero-order valence-electron chi connectivity index (χ0n) is 18.0. The Bertz CT molecular complexity index is 1210. The van der Waals surface area contributed by atoms with Gasteiger partial charge in [-0.2, -0.15) is 0 Å². The van der Waals surface area contributed by atoms with E-state index in [0.29, 0.717) is 6.54 Å². The first kappa shape index (κ1) is 19.9. The number of carbonyl (C=O) groups excluding carboxylic acids is 1. The molecule has 0 saturated carbocycles. The Hall–Kier alpha value is -3.40. The lowest BCUT2D eigenvalue weighted by atomic mass is 10.0. The van der Waals surface area contributed by atoms with Crippen molar-refractivity contribution >= 4 is 17.2 Å². The van der Waals surface area contributed by atoms with Crippen LogP contribution in [0.15, 0.2) is 66.9 Å². The highest BCUT2D eigenvalue weighted by Crippen LogP contribution is 2.28. The van der Waals surface area contributed by atoms with Gasteiger partial charge in [0, 0.05) is 24.0 Å². The van der Waals surface area contributed by atoms with E-state index in [-0.39, 0.29) is 12.3 Å². The molecule has 0 aliphatic heterocycles. The Morgan fingerprint density at radius 1 is 0.967 bits per heavy atom. The number of fused-ring (bicyclic) bond motifs is 1. The fourth-order valence-electron chi connectivity index (χ4n) is 3.84. The molecule has 4 heteroatoms. The number of hydrogen-bond acceptors (Lipinski definition) is 2. The number of rotatable bonds is 5. The number of anilines is 1. The van der Waals surface area contributed by atoms with E-state index in [0.717, 1.165) is 33.8 Å². The van der Waals surface area contributed by atoms with Crippen molar-refractivity contribution < 1.29 is 4.79 Å². The minimum atomic E-state index is 0.0659. The van der Waals surface area contributed by atoms with Gasteiger partial charge in [-0.15, -0.1) is 0 Å². The molecular formula is C26H27N3O. The number of carbonyl (C=O) groups is 1. The van der Waals surface area contributed by atoms with E-state index in [9.17, 15) is 4.79 Å². The second-order valence-electron chi connectivity index (χ2n) is 7.79. The van der Waals surface area contributed by atoms with Gasteiger partial charge in [-0.1, -0.05) is 30.3 Å². The van der Waals surface area contributed by atoms with E-state index in [1.54, 1.807) is 0 Å². The zero-order valence-corrected chi connectivity index (χ0v) is 18.0. The van der Waals surface area contributed by atoms with Crippen molar-refractivity contribution in [1.82, 2.24) is 9.38 Å². The molecule has 0 aliphatic rings. The first-order valence-corrected chi connectivity index (χ1v) is 10.4. The van der Waals surface area contributed by atoms with Gasteiger partial charge in [-0.25, -0.2) is 4.98 Å². The van der Waals surface area contributed by atoms with Crippen LogP contribution < -0.4 is 4.90 Å². The molecular weight excluding hydrogens is 370 g/mol. The number of aryl methyl sites for hydroxylation is 3.